The molecule has 0 spiro atoms. The highest BCUT2D eigenvalue weighted by Gasteiger charge is 2.25. The lowest BCUT2D eigenvalue weighted by Gasteiger charge is -1.94. The molecule has 0 amide bonds. The number of aromatic carboxylic acids is 1. The van der Waals surface area contributed by atoms with Gasteiger partial charge in [0.25, 0.3) is 0 Å². The van der Waals surface area contributed by atoms with E-state index in [9.17, 15) is 4.79 Å². The molecule has 2 aromatic rings. The van der Waals surface area contributed by atoms with Crippen LogP contribution in [0.4, 0.5) is 0 Å². The molecule has 0 saturated heterocycles. The molecule has 82 valence electrons. The molecule has 0 atom stereocenters. The molecule has 5 heteroatoms. The minimum absolute atomic E-state index is 0.358. The van der Waals surface area contributed by atoms with E-state index in [1.54, 1.807) is 12.4 Å². The molecule has 1 aliphatic carbocycles. The van der Waals surface area contributed by atoms with E-state index in [4.69, 9.17) is 5.11 Å². The van der Waals surface area contributed by atoms with Crippen molar-refractivity contribution < 1.29 is 9.90 Å². The third-order valence-corrected chi connectivity index (χ3v) is 3.60. The van der Waals surface area contributed by atoms with Crippen LogP contribution in [0.5, 0.6) is 0 Å². The Bertz CT molecular complexity index is 540. The van der Waals surface area contributed by atoms with Gasteiger partial charge in [0.15, 0.2) is 0 Å². The minimum atomic E-state index is -0.876. The Balaban J connectivity index is 1.91. The zero-order valence-electron chi connectivity index (χ0n) is 8.46. The Morgan fingerprint density at radius 1 is 1.56 bits per heavy atom. The molecule has 0 bridgehead atoms. The first-order chi connectivity index (χ1) is 7.74. The predicted octanol–water partition coefficient (Wildman–Crippen LogP) is 2.51. The zero-order valence-corrected chi connectivity index (χ0v) is 9.28. The van der Waals surface area contributed by atoms with Gasteiger partial charge in [0.2, 0.25) is 0 Å². The van der Waals surface area contributed by atoms with Crippen molar-refractivity contribution in [2.75, 3.05) is 0 Å². The molecule has 1 N–H and O–H groups in total. The van der Waals surface area contributed by atoms with Gasteiger partial charge in [-0.15, -0.1) is 11.3 Å². The maximum atomic E-state index is 10.8. The zero-order chi connectivity index (χ0) is 11.1. The topological polar surface area (TPSA) is 55.1 Å². The van der Waals surface area contributed by atoms with Crippen molar-refractivity contribution in [2.24, 2.45) is 0 Å². The molecular formula is C11H10N2O2S. The third kappa shape index (κ3) is 1.63. The molecule has 1 aliphatic rings. The Kier molecular flexibility index (Phi) is 2.07. The van der Waals surface area contributed by atoms with Crippen molar-refractivity contribution >= 4 is 17.3 Å². The van der Waals surface area contributed by atoms with Crippen molar-refractivity contribution in [1.29, 1.82) is 0 Å². The van der Waals surface area contributed by atoms with Crippen molar-refractivity contribution in [1.82, 2.24) is 9.55 Å². The number of hydrogen-bond acceptors (Lipinski definition) is 3. The van der Waals surface area contributed by atoms with Crippen molar-refractivity contribution in [3.05, 3.63) is 34.5 Å². The average Bonchev–Trinajstić information content (AvgIpc) is 2.83. The molecule has 0 unspecified atom stereocenters. The SMILES string of the molecule is O=C(O)c1cc(-n2cnc(C3CC3)c2)cs1. The molecule has 16 heavy (non-hydrogen) atoms. The first kappa shape index (κ1) is 9.59. The van der Waals surface area contributed by atoms with E-state index in [0.29, 0.717) is 10.8 Å². The standard InChI is InChI=1S/C11H10N2O2S/c14-11(15)10-3-8(5-16-10)13-4-9(12-6-13)7-1-2-7/h3-7H,1-2H2,(H,14,15). The fourth-order valence-corrected chi connectivity index (χ4v) is 2.37. The predicted molar refractivity (Wildman–Crippen MR) is 60.4 cm³/mol. The summed E-state index contributed by atoms with van der Waals surface area (Å²) in [5.41, 5.74) is 1.99. The normalized spacial score (nSPS) is 15.2. The summed E-state index contributed by atoms with van der Waals surface area (Å²) in [4.78, 5) is 15.4. The van der Waals surface area contributed by atoms with Crippen LogP contribution >= 0.6 is 11.3 Å². The molecule has 4 nitrogen and oxygen atoms in total. The van der Waals surface area contributed by atoms with E-state index >= 15 is 0 Å². The highest BCUT2D eigenvalue weighted by molar-refractivity contribution is 7.12. The van der Waals surface area contributed by atoms with Gasteiger partial charge in [0.05, 0.1) is 17.7 Å². The number of aromatic nitrogens is 2. The Morgan fingerprint density at radius 3 is 3.00 bits per heavy atom. The van der Waals surface area contributed by atoms with Crippen LogP contribution < -0.4 is 0 Å². The number of rotatable bonds is 3. The van der Waals surface area contributed by atoms with Gasteiger partial charge in [-0.25, -0.2) is 9.78 Å². The monoisotopic (exact) mass is 234 g/mol. The lowest BCUT2D eigenvalue weighted by atomic mass is 10.3. The van der Waals surface area contributed by atoms with Gasteiger partial charge < -0.3 is 9.67 Å². The minimum Gasteiger partial charge on any atom is -0.477 e. The summed E-state index contributed by atoms with van der Waals surface area (Å²) < 4.78 is 1.89. The largest absolute Gasteiger partial charge is 0.477 e. The first-order valence-corrected chi connectivity index (χ1v) is 5.98. The highest BCUT2D eigenvalue weighted by Crippen LogP contribution is 2.39. The molecular weight excluding hydrogens is 224 g/mol. The summed E-state index contributed by atoms with van der Waals surface area (Å²) in [6.07, 6.45) is 6.19. The van der Waals surface area contributed by atoms with Gasteiger partial charge in [-0.1, -0.05) is 0 Å². The third-order valence-electron chi connectivity index (χ3n) is 2.69. The Labute approximate surface area is 96.2 Å². The molecule has 1 saturated carbocycles. The van der Waals surface area contributed by atoms with Crippen LogP contribution in [-0.4, -0.2) is 20.6 Å². The molecule has 0 radical (unpaired) electrons. The number of thiophene rings is 1. The van der Waals surface area contributed by atoms with Crippen LogP contribution in [-0.2, 0) is 0 Å². The number of carboxylic acids is 1. The van der Waals surface area contributed by atoms with Crippen molar-refractivity contribution in [3.63, 3.8) is 0 Å². The van der Waals surface area contributed by atoms with E-state index in [0.717, 1.165) is 11.4 Å². The van der Waals surface area contributed by atoms with Crippen LogP contribution in [0.1, 0.15) is 34.1 Å². The Hall–Kier alpha value is -1.62. The van der Waals surface area contributed by atoms with Crippen molar-refractivity contribution in [3.8, 4) is 5.69 Å². The molecule has 3 rings (SSSR count). The fraction of sp³-hybridized carbons (Fsp3) is 0.273. The number of carbonyl (C=O) groups is 1. The summed E-state index contributed by atoms with van der Waals surface area (Å²) in [6.45, 7) is 0. The quantitative estimate of drug-likeness (QED) is 0.887. The second kappa shape index (κ2) is 3.45. The average molecular weight is 234 g/mol. The summed E-state index contributed by atoms with van der Waals surface area (Å²) in [6, 6.07) is 1.67. The lowest BCUT2D eigenvalue weighted by molar-refractivity contribution is 0.0702. The van der Waals surface area contributed by atoms with Crippen LogP contribution in [0.15, 0.2) is 24.0 Å². The van der Waals surface area contributed by atoms with Gasteiger partial charge >= 0.3 is 5.97 Å². The highest BCUT2D eigenvalue weighted by atomic mass is 32.1. The van der Waals surface area contributed by atoms with Crippen LogP contribution in [0.2, 0.25) is 0 Å². The maximum absolute atomic E-state index is 10.8. The van der Waals surface area contributed by atoms with E-state index in [-0.39, 0.29) is 0 Å². The van der Waals surface area contributed by atoms with E-state index < -0.39 is 5.97 Å². The molecule has 0 aromatic carbocycles. The van der Waals surface area contributed by atoms with Gasteiger partial charge in [-0.3, -0.25) is 0 Å². The maximum Gasteiger partial charge on any atom is 0.345 e. The van der Waals surface area contributed by atoms with E-state index in [1.807, 2.05) is 16.1 Å². The van der Waals surface area contributed by atoms with Gasteiger partial charge in [-0.05, 0) is 18.9 Å². The smallest absolute Gasteiger partial charge is 0.345 e. The summed E-state index contributed by atoms with van der Waals surface area (Å²) >= 11 is 1.24. The lowest BCUT2D eigenvalue weighted by Crippen LogP contribution is -1.91. The van der Waals surface area contributed by atoms with Crippen LogP contribution in [0, 0.1) is 0 Å². The van der Waals surface area contributed by atoms with Crippen LogP contribution in [0.3, 0.4) is 0 Å². The van der Waals surface area contributed by atoms with Crippen LogP contribution in [0.25, 0.3) is 5.69 Å². The Morgan fingerprint density at radius 2 is 2.38 bits per heavy atom. The number of nitrogens with zero attached hydrogens (tertiary/aromatic N) is 2. The van der Waals surface area contributed by atoms with Gasteiger partial charge in [0, 0.05) is 17.5 Å². The first-order valence-electron chi connectivity index (χ1n) is 5.10. The summed E-state index contributed by atoms with van der Waals surface area (Å²) in [7, 11) is 0. The fourth-order valence-electron chi connectivity index (χ4n) is 1.64. The summed E-state index contributed by atoms with van der Waals surface area (Å²) in [5, 5.41) is 10.7. The van der Waals surface area contributed by atoms with Gasteiger partial charge in [-0.2, -0.15) is 0 Å². The van der Waals surface area contributed by atoms with E-state index in [2.05, 4.69) is 4.98 Å². The summed E-state index contributed by atoms with van der Waals surface area (Å²) in [5.74, 6) is -0.252. The second-order valence-electron chi connectivity index (χ2n) is 3.95. The molecule has 1 fully saturated rings. The van der Waals surface area contributed by atoms with Gasteiger partial charge in [0.1, 0.15) is 4.88 Å². The number of imidazole rings is 1. The molecule has 2 aromatic heterocycles. The second-order valence-corrected chi connectivity index (χ2v) is 4.87. The molecule has 2 heterocycles. The number of hydrogen-bond donors (Lipinski definition) is 1. The van der Waals surface area contributed by atoms with Crippen molar-refractivity contribution in [2.45, 2.75) is 18.8 Å². The molecule has 0 aliphatic heterocycles. The number of carboxylic acid groups (broad SMARTS) is 1. The van der Waals surface area contributed by atoms with E-state index in [1.165, 1.54) is 24.2 Å².